The molecular weight excluding hydrogens is 456 g/mol. The van der Waals surface area contributed by atoms with Crippen molar-refractivity contribution in [3.05, 3.63) is 40.7 Å². The summed E-state index contributed by atoms with van der Waals surface area (Å²) in [5, 5.41) is 7.48. The first-order chi connectivity index (χ1) is 15.3. The smallest absolute Gasteiger partial charge is 0.280 e. The number of carbonyl (C=O) groups excluding carboxylic acids is 1. The number of ether oxygens (including phenoxy) is 1. The predicted molar refractivity (Wildman–Crippen MR) is 127 cm³/mol. The number of rotatable bonds is 11. The molecule has 1 atom stereocenters. The van der Waals surface area contributed by atoms with Crippen molar-refractivity contribution in [1.29, 1.82) is 0 Å². The third kappa shape index (κ3) is 8.65. The lowest BCUT2D eigenvalue weighted by Gasteiger charge is -2.08. The molecule has 1 aromatic carbocycles. The Balaban J connectivity index is 1.69. The number of aryl methyl sites for hydroxylation is 1. The molecule has 0 aliphatic heterocycles. The number of guanidine groups is 1. The predicted octanol–water partition coefficient (Wildman–Crippen LogP) is 0.753. The lowest BCUT2D eigenvalue weighted by atomic mass is 10.1. The van der Waals surface area contributed by atoms with Gasteiger partial charge in [0.05, 0.1) is 17.6 Å². The van der Waals surface area contributed by atoms with Gasteiger partial charge >= 0.3 is 0 Å². The molecule has 13 heteroatoms. The molecule has 11 nitrogen and oxygen atoms in total. The number of nitrogens with two attached hydrogens (primary N) is 4. The second-order valence-electron chi connectivity index (χ2n) is 6.74. The van der Waals surface area contributed by atoms with Gasteiger partial charge in [0.25, 0.3) is 5.91 Å². The molecule has 0 fully saturated rings. The van der Waals surface area contributed by atoms with E-state index in [-0.39, 0.29) is 28.4 Å². The molecule has 0 aliphatic carbocycles. The van der Waals surface area contributed by atoms with Gasteiger partial charge in [0.15, 0.2) is 28.4 Å². The minimum absolute atomic E-state index is 0.0517. The van der Waals surface area contributed by atoms with Crippen LogP contribution in [0.3, 0.4) is 0 Å². The van der Waals surface area contributed by atoms with Crippen LogP contribution in [0.4, 0.5) is 11.6 Å². The van der Waals surface area contributed by atoms with E-state index in [1.54, 1.807) is 0 Å². The molecule has 0 spiro atoms. The molecule has 32 heavy (non-hydrogen) atoms. The van der Waals surface area contributed by atoms with Crippen LogP contribution in [0.25, 0.3) is 0 Å². The molecule has 2 rings (SSSR count). The Labute approximate surface area is 193 Å². The Bertz CT molecular complexity index is 972. The van der Waals surface area contributed by atoms with Crippen molar-refractivity contribution in [3.8, 4) is 5.75 Å². The minimum Gasteiger partial charge on any atom is -0.494 e. The van der Waals surface area contributed by atoms with Crippen LogP contribution in [0.2, 0.25) is 5.15 Å². The number of hydrogen-bond donors (Lipinski definition) is 5. The molecule has 1 aromatic heterocycles. The summed E-state index contributed by atoms with van der Waals surface area (Å²) in [5.41, 5.74) is 17.8. The van der Waals surface area contributed by atoms with Gasteiger partial charge in [-0.3, -0.25) is 20.2 Å². The standard InChI is InChI=1S/C19H27ClN8O3S/c20-15-17(22)27-16(21)14(26-15)18(29)28-19(23)25-9-2-1-4-12-5-7-13(8-6-12)31-10-3-11-32(24)30/h5-8H,1-4,9-11,24H2,(H4,21,22,27)(H3,23,25,28,29). The Kier molecular flexibility index (Phi) is 10.1. The van der Waals surface area contributed by atoms with Gasteiger partial charge in [-0.15, -0.1) is 0 Å². The number of halogens is 1. The number of aromatic nitrogens is 2. The van der Waals surface area contributed by atoms with Crippen LogP contribution >= 0.6 is 11.6 Å². The highest BCUT2D eigenvalue weighted by atomic mass is 35.5. The molecule has 1 amide bonds. The number of nitrogens with zero attached hydrogens (tertiary/aromatic N) is 3. The summed E-state index contributed by atoms with van der Waals surface area (Å²) in [6.45, 7) is 0.919. The fraction of sp³-hybridized carbons (Fsp3) is 0.368. The topological polar surface area (TPSA) is 198 Å². The average molecular weight is 483 g/mol. The van der Waals surface area contributed by atoms with Gasteiger partial charge in [-0.1, -0.05) is 23.7 Å². The van der Waals surface area contributed by atoms with E-state index in [2.05, 4.69) is 20.3 Å². The van der Waals surface area contributed by atoms with Crippen LogP contribution in [0.1, 0.15) is 35.3 Å². The summed E-state index contributed by atoms with van der Waals surface area (Å²) >= 11 is 5.77. The van der Waals surface area contributed by atoms with Crippen molar-refractivity contribution in [2.45, 2.75) is 25.7 Å². The van der Waals surface area contributed by atoms with Crippen molar-refractivity contribution >= 4 is 46.1 Å². The van der Waals surface area contributed by atoms with E-state index in [1.807, 2.05) is 24.3 Å². The highest BCUT2D eigenvalue weighted by Crippen LogP contribution is 2.17. The fourth-order valence-corrected chi connectivity index (χ4v) is 3.14. The first-order valence-electron chi connectivity index (χ1n) is 9.80. The molecule has 0 saturated carbocycles. The van der Waals surface area contributed by atoms with E-state index in [4.69, 9.17) is 38.7 Å². The van der Waals surface area contributed by atoms with Crippen LogP contribution < -0.4 is 32.4 Å². The molecule has 1 heterocycles. The Hall–Kier alpha value is -2.96. The first-order valence-corrected chi connectivity index (χ1v) is 11.6. The monoisotopic (exact) mass is 482 g/mol. The maximum Gasteiger partial charge on any atom is 0.280 e. The third-order valence-corrected chi connectivity index (χ3v) is 5.17. The zero-order chi connectivity index (χ0) is 23.5. The zero-order valence-corrected chi connectivity index (χ0v) is 19.0. The molecule has 0 saturated heterocycles. The largest absolute Gasteiger partial charge is 0.494 e. The lowest BCUT2D eigenvalue weighted by Crippen LogP contribution is -2.38. The van der Waals surface area contributed by atoms with E-state index in [1.165, 1.54) is 5.56 Å². The number of amides is 1. The second kappa shape index (κ2) is 12.8. The molecule has 174 valence electrons. The van der Waals surface area contributed by atoms with E-state index < -0.39 is 16.9 Å². The third-order valence-electron chi connectivity index (χ3n) is 4.20. The van der Waals surface area contributed by atoms with Crippen molar-refractivity contribution in [2.24, 2.45) is 15.9 Å². The van der Waals surface area contributed by atoms with E-state index >= 15 is 0 Å². The van der Waals surface area contributed by atoms with Crippen molar-refractivity contribution in [3.63, 3.8) is 0 Å². The summed E-state index contributed by atoms with van der Waals surface area (Å²) in [4.78, 5) is 23.8. The van der Waals surface area contributed by atoms with E-state index in [0.717, 1.165) is 25.0 Å². The van der Waals surface area contributed by atoms with Gasteiger partial charge in [-0.05, 0) is 43.4 Å². The number of carbonyl (C=O) groups is 1. The van der Waals surface area contributed by atoms with Gasteiger partial charge in [0, 0.05) is 12.3 Å². The van der Waals surface area contributed by atoms with Crippen molar-refractivity contribution in [1.82, 2.24) is 15.3 Å². The number of hydrogen-bond acceptors (Lipinski definition) is 8. The van der Waals surface area contributed by atoms with Crippen LogP contribution in [0.5, 0.6) is 5.75 Å². The molecule has 2 aromatic rings. The van der Waals surface area contributed by atoms with E-state index in [9.17, 15) is 9.00 Å². The number of anilines is 2. The summed E-state index contributed by atoms with van der Waals surface area (Å²) in [5.74, 6) is 0.247. The van der Waals surface area contributed by atoms with Crippen LogP contribution in [-0.4, -0.2) is 44.9 Å². The normalized spacial score (nSPS) is 12.4. The summed E-state index contributed by atoms with van der Waals surface area (Å²) in [7, 11) is -1.29. The minimum atomic E-state index is -1.29. The molecule has 0 radical (unpaired) electrons. The van der Waals surface area contributed by atoms with E-state index in [0.29, 0.717) is 25.3 Å². The Morgan fingerprint density at radius 2 is 1.84 bits per heavy atom. The fourth-order valence-electron chi connectivity index (χ4n) is 2.61. The molecular formula is C19H27ClN8O3S. The molecule has 9 N–H and O–H groups in total. The first kappa shape index (κ1) is 25.3. The maximum absolute atomic E-state index is 12.2. The van der Waals surface area contributed by atoms with Gasteiger partial charge < -0.3 is 21.9 Å². The van der Waals surface area contributed by atoms with Gasteiger partial charge in [-0.25, -0.2) is 14.2 Å². The van der Waals surface area contributed by atoms with Crippen LogP contribution in [0.15, 0.2) is 29.3 Å². The Morgan fingerprint density at radius 1 is 1.12 bits per heavy atom. The van der Waals surface area contributed by atoms with Crippen LogP contribution in [0, 0.1) is 0 Å². The van der Waals surface area contributed by atoms with Gasteiger partial charge in [0.1, 0.15) is 5.75 Å². The molecule has 1 unspecified atom stereocenters. The molecule has 0 aliphatic rings. The number of nitrogens with one attached hydrogen (secondary N) is 1. The lowest BCUT2D eigenvalue weighted by molar-refractivity contribution is 0.0972. The number of unbranched alkanes of at least 4 members (excludes halogenated alkanes) is 1. The number of aliphatic imine (C=N–C) groups is 1. The average Bonchev–Trinajstić information content (AvgIpc) is 2.74. The second-order valence-corrected chi connectivity index (χ2v) is 8.27. The van der Waals surface area contributed by atoms with Gasteiger partial charge in [0.2, 0.25) is 0 Å². The van der Waals surface area contributed by atoms with Crippen molar-refractivity contribution in [2.75, 3.05) is 30.4 Å². The van der Waals surface area contributed by atoms with Crippen molar-refractivity contribution < 1.29 is 13.7 Å². The summed E-state index contributed by atoms with van der Waals surface area (Å²) < 4.78 is 16.4. The van der Waals surface area contributed by atoms with Crippen LogP contribution in [-0.2, 0) is 17.4 Å². The SMILES string of the molecule is NC(=NCCCCc1ccc(OCCCS(N)=O)cc1)NC(=O)c1nc(Cl)c(N)nc1N. The highest BCUT2D eigenvalue weighted by Gasteiger charge is 2.16. The number of nitrogen functional groups attached to an aromatic ring is 2. The zero-order valence-electron chi connectivity index (χ0n) is 17.4. The Morgan fingerprint density at radius 3 is 2.53 bits per heavy atom. The summed E-state index contributed by atoms with van der Waals surface area (Å²) in [6.07, 6.45) is 3.17. The number of benzene rings is 1. The highest BCUT2D eigenvalue weighted by molar-refractivity contribution is 7.82. The quantitative estimate of drug-likeness (QED) is 0.175. The summed E-state index contributed by atoms with van der Waals surface area (Å²) in [6, 6.07) is 7.80. The van der Waals surface area contributed by atoms with Gasteiger partial charge in [-0.2, -0.15) is 0 Å². The molecule has 0 bridgehead atoms. The maximum atomic E-state index is 12.2.